The summed E-state index contributed by atoms with van der Waals surface area (Å²) in [6.45, 7) is 5.58. The summed E-state index contributed by atoms with van der Waals surface area (Å²) in [5.74, 6) is 3.71. The lowest BCUT2D eigenvalue weighted by atomic mass is 9.85. The van der Waals surface area contributed by atoms with Crippen molar-refractivity contribution in [3.05, 3.63) is 47.3 Å². The van der Waals surface area contributed by atoms with Gasteiger partial charge in [-0.3, -0.25) is 0 Å². The lowest BCUT2D eigenvalue weighted by molar-refractivity contribution is 0.427. The maximum absolute atomic E-state index is 4.99. The molecule has 1 aliphatic heterocycles. The van der Waals surface area contributed by atoms with Crippen molar-refractivity contribution < 1.29 is 0 Å². The van der Waals surface area contributed by atoms with Crippen LogP contribution in [-0.2, 0) is 13.0 Å². The third kappa shape index (κ3) is 2.99. The zero-order valence-electron chi connectivity index (χ0n) is 15.1. The van der Waals surface area contributed by atoms with E-state index >= 15 is 0 Å². The van der Waals surface area contributed by atoms with Crippen LogP contribution in [0.1, 0.15) is 62.4 Å². The molecule has 0 radical (unpaired) electrons. The molecule has 25 heavy (non-hydrogen) atoms. The zero-order valence-corrected chi connectivity index (χ0v) is 15.1. The summed E-state index contributed by atoms with van der Waals surface area (Å²) in [5, 5.41) is 3.59. The van der Waals surface area contributed by atoms with E-state index in [0.717, 1.165) is 30.4 Å². The molecule has 2 aromatic rings. The van der Waals surface area contributed by atoms with E-state index in [1.165, 1.54) is 36.8 Å². The molecule has 3 aliphatic rings. The smallest absolute Gasteiger partial charge is 0.136 e. The SMILES string of the molecule is CC1(C)Cc2ccccc2CN1c1cc(NC2CC2)nc(C2CC2)n1. The first-order valence-corrected chi connectivity index (χ1v) is 9.58. The lowest BCUT2D eigenvalue weighted by Gasteiger charge is -2.44. The molecule has 0 saturated heterocycles. The fourth-order valence-electron chi connectivity index (χ4n) is 3.85. The highest BCUT2D eigenvalue weighted by Crippen LogP contribution is 2.41. The van der Waals surface area contributed by atoms with Crippen LogP contribution in [0.15, 0.2) is 30.3 Å². The molecule has 5 rings (SSSR count). The zero-order chi connectivity index (χ0) is 17.0. The Morgan fingerprint density at radius 1 is 1.04 bits per heavy atom. The Hall–Kier alpha value is -2.10. The van der Waals surface area contributed by atoms with Crippen LogP contribution in [-0.4, -0.2) is 21.5 Å². The molecule has 0 spiro atoms. The highest BCUT2D eigenvalue weighted by molar-refractivity contribution is 5.55. The second-order valence-electron chi connectivity index (χ2n) is 8.51. The highest BCUT2D eigenvalue weighted by atomic mass is 15.3. The van der Waals surface area contributed by atoms with Gasteiger partial charge in [-0.05, 0) is 57.1 Å². The Labute approximate surface area is 149 Å². The van der Waals surface area contributed by atoms with Crippen LogP contribution in [0.25, 0.3) is 0 Å². The molecule has 1 aromatic heterocycles. The third-order valence-corrected chi connectivity index (χ3v) is 5.68. The van der Waals surface area contributed by atoms with Crippen molar-refractivity contribution in [2.45, 2.75) is 70.0 Å². The second-order valence-corrected chi connectivity index (χ2v) is 8.51. The van der Waals surface area contributed by atoms with Crippen LogP contribution < -0.4 is 10.2 Å². The maximum atomic E-state index is 4.99. The van der Waals surface area contributed by atoms with Crippen molar-refractivity contribution in [2.75, 3.05) is 10.2 Å². The number of nitrogens with one attached hydrogen (secondary N) is 1. The molecule has 130 valence electrons. The first-order valence-electron chi connectivity index (χ1n) is 9.58. The Kier molecular flexibility index (Phi) is 3.31. The van der Waals surface area contributed by atoms with Gasteiger partial charge in [0.1, 0.15) is 17.5 Å². The van der Waals surface area contributed by atoms with Crippen molar-refractivity contribution >= 4 is 11.6 Å². The summed E-state index contributed by atoms with van der Waals surface area (Å²) < 4.78 is 0. The molecule has 2 saturated carbocycles. The molecule has 1 aromatic carbocycles. The van der Waals surface area contributed by atoms with Gasteiger partial charge >= 0.3 is 0 Å². The van der Waals surface area contributed by atoms with Gasteiger partial charge in [-0.2, -0.15) is 0 Å². The van der Waals surface area contributed by atoms with E-state index in [1.54, 1.807) is 0 Å². The van der Waals surface area contributed by atoms with Crippen molar-refractivity contribution in [1.29, 1.82) is 0 Å². The van der Waals surface area contributed by atoms with E-state index < -0.39 is 0 Å². The molecule has 4 heteroatoms. The molecular weight excluding hydrogens is 308 g/mol. The van der Waals surface area contributed by atoms with Crippen molar-refractivity contribution in [1.82, 2.24) is 9.97 Å². The number of nitrogens with zero attached hydrogens (tertiary/aromatic N) is 3. The summed E-state index contributed by atoms with van der Waals surface area (Å²) in [6.07, 6.45) is 6.05. The first kappa shape index (κ1) is 15.2. The Morgan fingerprint density at radius 2 is 1.80 bits per heavy atom. The molecule has 0 bridgehead atoms. The fraction of sp³-hybridized carbons (Fsp3) is 0.524. The average Bonchev–Trinajstić information content (AvgIpc) is 3.46. The summed E-state index contributed by atoms with van der Waals surface area (Å²) in [6, 6.07) is 11.6. The van der Waals surface area contributed by atoms with Crippen LogP contribution in [0.2, 0.25) is 0 Å². The van der Waals surface area contributed by atoms with Gasteiger partial charge in [-0.15, -0.1) is 0 Å². The normalized spacial score (nSPS) is 21.8. The van der Waals surface area contributed by atoms with Gasteiger partial charge in [0.05, 0.1) is 0 Å². The molecule has 2 fully saturated rings. The summed E-state index contributed by atoms with van der Waals surface area (Å²) in [5.41, 5.74) is 2.95. The van der Waals surface area contributed by atoms with Gasteiger partial charge < -0.3 is 10.2 Å². The van der Waals surface area contributed by atoms with Crippen LogP contribution in [0.3, 0.4) is 0 Å². The summed E-state index contributed by atoms with van der Waals surface area (Å²) in [7, 11) is 0. The minimum absolute atomic E-state index is 0.0559. The monoisotopic (exact) mass is 334 g/mol. The van der Waals surface area contributed by atoms with Gasteiger partial charge in [0.2, 0.25) is 0 Å². The number of hydrogen-bond donors (Lipinski definition) is 1. The maximum Gasteiger partial charge on any atom is 0.136 e. The molecule has 1 N–H and O–H groups in total. The molecule has 2 aliphatic carbocycles. The van der Waals surface area contributed by atoms with E-state index in [4.69, 9.17) is 9.97 Å². The highest BCUT2D eigenvalue weighted by Gasteiger charge is 2.35. The minimum Gasteiger partial charge on any atom is -0.367 e. The Morgan fingerprint density at radius 3 is 2.52 bits per heavy atom. The predicted octanol–water partition coefficient (Wildman–Crippen LogP) is 4.27. The topological polar surface area (TPSA) is 41.0 Å². The number of anilines is 2. The number of aromatic nitrogens is 2. The van der Waals surface area contributed by atoms with Crippen molar-refractivity contribution in [3.63, 3.8) is 0 Å². The molecule has 2 heterocycles. The van der Waals surface area contributed by atoms with Gasteiger partial charge in [0, 0.05) is 30.1 Å². The molecule has 0 atom stereocenters. The predicted molar refractivity (Wildman–Crippen MR) is 101 cm³/mol. The third-order valence-electron chi connectivity index (χ3n) is 5.68. The van der Waals surface area contributed by atoms with E-state index in [-0.39, 0.29) is 5.54 Å². The standard InChI is InChI=1S/C21H26N4/c1-21(2)12-15-5-3-4-6-16(15)13-25(21)19-11-18(22-17-9-10-17)23-20(24-19)14-7-8-14/h3-6,11,14,17H,7-10,12-13H2,1-2H3,(H,22,23,24). The first-order chi connectivity index (χ1) is 12.1. The Balaban J connectivity index is 1.53. The largest absolute Gasteiger partial charge is 0.367 e. The van der Waals surface area contributed by atoms with E-state index in [0.29, 0.717) is 12.0 Å². The van der Waals surface area contributed by atoms with Crippen LogP contribution in [0.4, 0.5) is 11.6 Å². The lowest BCUT2D eigenvalue weighted by Crippen LogP contribution is -2.49. The molecule has 4 nitrogen and oxygen atoms in total. The van der Waals surface area contributed by atoms with Gasteiger partial charge in [0.15, 0.2) is 0 Å². The van der Waals surface area contributed by atoms with Gasteiger partial charge in [0.25, 0.3) is 0 Å². The van der Waals surface area contributed by atoms with Crippen LogP contribution >= 0.6 is 0 Å². The summed E-state index contributed by atoms with van der Waals surface area (Å²) >= 11 is 0. The van der Waals surface area contributed by atoms with E-state index in [1.807, 2.05) is 0 Å². The number of rotatable bonds is 4. The van der Waals surface area contributed by atoms with Crippen molar-refractivity contribution in [3.8, 4) is 0 Å². The van der Waals surface area contributed by atoms with Gasteiger partial charge in [-0.25, -0.2) is 9.97 Å². The summed E-state index contributed by atoms with van der Waals surface area (Å²) in [4.78, 5) is 12.3. The minimum atomic E-state index is 0.0559. The Bertz CT molecular complexity index is 805. The quantitative estimate of drug-likeness (QED) is 0.906. The van der Waals surface area contributed by atoms with Gasteiger partial charge in [-0.1, -0.05) is 24.3 Å². The van der Waals surface area contributed by atoms with E-state index in [2.05, 4.69) is 54.4 Å². The fourth-order valence-corrected chi connectivity index (χ4v) is 3.85. The van der Waals surface area contributed by atoms with Crippen LogP contribution in [0.5, 0.6) is 0 Å². The number of benzene rings is 1. The van der Waals surface area contributed by atoms with E-state index in [9.17, 15) is 0 Å². The van der Waals surface area contributed by atoms with Crippen molar-refractivity contribution in [2.24, 2.45) is 0 Å². The average molecular weight is 334 g/mol. The molecule has 0 unspecified atom stereocenters. The second kappa shape index (κ2) is 5.45. The molecule has 0 amide bonds. The molecular formula is C21H26N4. The number of hydrogen-bond acceptors (Lipinski definition) is 4. The number of fused-ring (bicyclic) bond motifs is 1. The van der Waals surface area contributed by atoms with Crippen LogP contribution in [0, 0.1) is 0 Å².